The Morgan fingerprint density at radius 1 is 1.10 bits per heavy atom. The van der Waals surface area contributed by atoms with Gasteiger partial charge in [-0.05, 0) is 37.5 Å². The molecule has 0 aromatic carbocycles. The lowest BCUT2D eigenvalue weighted by molar-refractivity contribution is -0.145. The summed E-state index contributed by atoms with van der Waals surface area (Å²) in [6.07, 6.45) is 4.55. The zero-order chi connectivity index (χ0) is 13.9. The first-order valence-electron chi connectivity index (χ1n) is 8.01. The molecule has 3 rings (SSSR count). The van der Waals surface area contributed by atoms with Crippen molar-refractivity contribution in [2.75, 3.05) is 45.9 Å². The molecule has 2 aliphatic heterocycles. The average Bonchev–Trinajstić information content (AvgIpc) is 3.26. The molecule has 0 amide bonds. The summed E-state index contributed by atoms with van der Waals surface area (Å²) in [4.78, 5) is 16.1. The molecule has 1 unspecified atom stereocenters. The number of carbonyl (C=O) groups is 1. The number of hydrogen-bond acceptors (Lipinski definition) is 4. The first-order chi connectivity index (χ1) is 9.74. The molecule has 5 nitrogen and oxygen atoms in total. The van der Waals surface area contributed by atoms with Crippen molar-refractivity contribution in [1.82, 2.24) is 9.80 Å². The minimum Gasteiger partial charge on any atom is -0.480 e. The molecule has 1 N–H and O–H groups in total. The van der Waals surface area contributed by atoms with Crippen molar-refractivity contribution in [1.29, 1.82) is 0 Å². The first kappa shape index (κ1) is 14.3. The van der Waals surface area contributed by atoms with E-state index in [4.69, 9.17) is 4.74 Å². The van der Waals surface area contributed by atoms with E-state index in [9.17, 15) is 9.90 Å². The van der Waals surface area contributed by atoms with Gasteiger partial charge >= 0.3 is 5.97 Å². The summed E-state index contributed by atoms with van der Waals surface area (Å²) in [5, 5.41) is 9.39. The third-order valence-electron chi connectivity index (χ3n) is 4.98. The van der Waals surface area contributed by atoms with Crippen LogP contribution < -0.4 is 0 Å². The molecule has 5 heteroatoms. The topological polar surface area (TPSA) is 53.0 Å². The van der Waals surface area contributed by atoms with E-state index in [1.807, 2.05) is 0 Å². The molecule has 0 bridgehead atoms. The summed E-state index contributed by atoms with van der Waals surface area (Å²) in [7, 11) is 0. The van der Waals surface area contributed by atoms with E-state index in [1.54, 1.807) is 0 Å². The summed E-state index contributed by atoms with van der Waals surface area (Å²) < 4.78 is 5.41. The van der Waals surface area contributed by atoms with Crippen LogP contribution in [-0.2, 0) is 9.53 Å². The number of aliphatic carboxylic acids is 1. The van der Waals surface area contributed by atoms with Crippen molar-refractivity contribution >= 4 is 5.97 Å². The Kier molecular flexibility index (Phi) is 4.58. The van der Waals surface area contributed by atoms with Gasteiger partial charge in [-0.2, -0.15) is 0 Å². The molecular weight excluding hydrogens is 256 g/mol. The van der Waals surface area contributed by atoms with Gasteiger partial charge in [-0.3, -0.25) is 9.69 Å². The number of hydrogen-bond donors (Lipinski definition) is 1. The van der Waals surface area contributed by atoms with Crippen molar-refractivity contribution in [2.45, 2.75) is 31.7 Å². The molecule has 0 aromatic heterocycles. The number of carboxylic acids is 1. The lowest BCUT2D eigenvalue weighted by Gasteiger charge is -2.39. The van der Waals surface area contributed by atoms with Crippen molar-refractivity contribution in [2.24, 2.45) is 11.8 Å². The van der Waals surface area contributed by atoms with Crippen LogP contribution in [-0.4, -0.2) is 72.9 Å². The zero-order valence-electron chi connectivity index (χ0n) is 12.2. The van der Waals surface area contributed by atoms with Crippen LogP contribution >= 0.6 is 0 Å². The maximum absolute atomic E-state index is 11.4. The standard InChI is InChI=1S/C15H26N2O3/c18-15(19)14(13-1-2-13)17-7-5-16(6-8-17)11-12-3-9-20-10-4-12/h12-14H,1-11H2,(H,18,19). The molecule has 20 heavy (non-hydrogen) atoms. The Balaban J connectivity index is 1.45. The summed E-state index contributed by atoms with van der Waals surface area (Å²) in [5.41, 5.74) is 0. The predicted molar refractivity (Wildman–Crippen MR) is 75.7 cm³/mol. The number of rotatable bonds is 5. The lowest BCUT2D eigenvalue weighted by atomic mass is 9.99. The Labute approximate surface area is 120 Å². The van der Waals surface area contributed by atoms with Gasteiger partial charge in [0.25, 0.3) is 0 Å². The van der Waals surface area contributed by atoms with Crippen LogP contribution in [0.25, 0.3) is 0 Å². The fourth-order valence-electron chi connectivity index (χ4n) is 3.59. The number of piperazine rings is 1. The van der Waals surface area contributed by atoms with Crippen molar-refractivity contribution < 1.29 is 14.6 Å². The highest BCUT2D eigenvalue weighted by molar-refractivity contribution is 5.74. The Morgan fingerprint density at radius 3 is 2.30 bits per heavy atom. The monoisotopic (exact) mass is 282 g/mol. The van der Waals surface area contributed by atoms with Gasteiger partial charge in [-0.15, -0.1) is 0 Å². The second-order valence-corrected chi connectivity index (χ2v) is 6.51. The molecule has 1 aliphatic carbocycles. The zero-order valence-corrected chi connectivity index (χ0v) is 12.2. The number of carboxylic acid groups (broad SMARTS) is 1. The molecule has 0 aromatic rings. The van der Waals surface area contributed by atoms with Gasteiger partial charge in [0.2, 0.25) is 0 Å². The fourth-order valence-corrected chi connectivity index (χ4v) is 3.59. The summed E-state index contributed by atoms with van der Waals surface area (Å²) in [5.74, 6) is 0.564. The maximum atomic E-state index is 11.4. The quantitative estimate of drug-likeness (QED) is 0.812. The Bertz CT molecular complexity index is 332. The highest BCUT2D eigenvalue weighted by Crippen LogP contribution is 2.36. The number of ether oxygens (including phenoxy) is 1. The van der Waals surface area contributed by atoms with E-state index in [-0.39, 0.29) is 6.04 Å². The minimum atomic E-state index is -0.620. The van der Waals surface area contributed by atoms with E-state index in [0.717, 1.165) is 58.2 Å². The van der Waals surface area contributed by atoms with Crippen molar-refractivity contribution in [3.05, 3.63) is 0 Å². The van der Waals surface area contributed by atoms with E-state index < -0.39 is 5.97 Å². The van der Waals surface area contributed by atoms with Crippen LogP contribution in [0.5, 0.6) is 0 Å². The van der Waals surface area contributed by atoms with Crippen LogP contribution in [0.4, 0.5) is 0 Å². The van der Waals surface area contributed by atoms with Crippen LogP contribution in [0.3, 0.4) is 0 Å². The SMILES string of the molecule is O=C(O)C(C1CC1)N1CCN(CC2CCOCC2)CC1. The molecule has 0 spiro atoms. The summed E-state index contributed by atoms with van der Waals surface area (Å²) in [6, 6.07) is -0.222. The Morgan fingerprint density at radius 2 is 1.75 bits per heavy atom. The third kappa shape index (κ3) is 3.51. The highest BCUT2D eigenvalue weighted by atomic mass is 16.5. The second-order valence-electron chi connectivity index (χ2n) is 6.51. The van der Waals surface area contributed by atoms with Gasteiger partial charge in [0, 0.05) is 45.9 Å². The van der Waals surface area contributed by atoms with Crippen LogP contribution in [0.2, 0.25) is 0 Å². The average molecular weight is 282 g/mol. The van der Waals surface area contributed by atoms with Crippen LogP contribution in [0, 0.1) is 11.8 Å². The van der Waals surface area contributed by atoms with Crippen LogP contribution in [0.15, 0.2) is 0 Å². The fraction of sp³-hybridized carbons (Fsp3) is 0.933. The van der Waals surface area contributed by atoms with E-state index >= 15 is 0 Å². The highest BCUT2D eigenvalue weighted by Gasteiger charge is 2.41. The molecule has 3 fully saturated rings. The lowest BCUT2D eigenvalue weighted by Crippen LogP contribution is -2.54. The van der Waals surface area contributed by atoms with E-state index in [0.29, 0.717) is 5.92 Å². The van der Waals surface area contributed by atoms with Crippen LogP contribution in [0.1, 0.15) is 25.7 Å². The van der Waals surface area contributed by atoms with Crippen molar-refractivity contribution in [3.8, 4) is 0 Å². The molecule has 114 valence electrons. The Hall–Kier alpha value is -0.650. The van der Waals surface area contributed by atoms with Gasteiger partial charge < -0.3 is 14.7 Å². The largest absolute Gasteiger partial charge is 0.480 e. The van der Waals surface area contributed by atoms with Crippen molar-refractivity contribution in [3.63, 3.8) is 0 Å². The first-order valence-corrected chi connectivity index (χ1v) is 8.01. The molecule has 2 heterocycles. The molecule has 2 saturated heterocycles. The van der Waals surface area contributed by atoms with Gasteiger partial charge in [-0.1, -0.05) is 0 Å². The van der Waals surface area contributed by atoms with Gasteiger partial charge in [-0.25, -0.2) is 0 Å². The second kappa shape index (κ2) is 6.41. The van der Waals surface area contributed by atoms with Gasteiger partial charge in [0.1, 0.15) is 6.04 Å². The summed E-state index contributed by atoms with van der Waals surface area (Å²) >= 11 is 0. The molecule has 3 aliphatic rings. The third-order valence-corrected chi connectivity index (χ3v) is 4.98. The van der Waals surface area contributed by atoms with E-state index in [1.165, 1.54) is 19.4 Å². The number of nitrogens with zero attached hydrogens (tertiary/aromatic N) is 2. The molecule has 1 saturated carbocycles. The molecule has 1 atom stereocenters. The maximum Gasteiger partial charge on any atom is 0.321 e. The molecular formula is C15H26N2O3. The smallest absolute Gasteiger partial charge is 0.321 e. The molecule has 0 radical (unpaired) electrons. The van der Waals surface area contributed by atoms with Gasteiger partial charge in [0.15, 0.2) is 0 Å². The minimum absolute atomic E-state index is 0.222. The predicted octanol–water partition coefficient (Wildman–Crippen LogP) is 0.894. The summed E-state index contributed by atoms with van der Waals surface area (Å²) in [6.45, 7) is 6.86. The normalized spacial score (nSPS) is 28.4. The van der Waals surface area contributed by atoms with Gasteiger partial charge in [0.05, 0.1) is 0 Å². The van der Waals surface area contributed by atoms with E-state index in [2.05, 4.69) is 9.80 Å².